The van der Waals surface area contributed by atoms with Crippen molar-refractivity contribution < 1.29 is 4.79 Å². The SMILES string of the molecule is Cc1csc(CC2CCCN(C(=O)Cn3cncn3)C2)n1. The second-order valence-electron chi connectivity index (χ2n) is 5.53. The first kappa shape index (κ1) is 14.2. The molecule has 1 amide bonds. The van der Waals surface area contributed by atoms with E-state index < -0.39 is 0 Å². The number of nitrogens with zero attached hydrogens (tertiary/aromatic N) is 5. The first-order valence-electron chi connectivity index (χ1n) is 7.22. The minimum Gasteiger partial charge on any atom is -0.341 e. The van der Waals surface area contributed by atoms with Crippen molar-refractivity contribution in [2.24, 2.45) is 5.92 Å². The molecule has 7 heteroatoms. The van der Waals surface area contributed by atoms with Gasteiger partial charge >= 0.3 is 0 Å². The predicted octanol–water partition coefficient (Wildman–Crippen LogP) is 1.52. The van der Waals surface area contributed by atoms with E-state index in [4.69, 9.17) is 0 Å². The zero-order chi connectivity index (χ0) is 14.7. The summed E-state index contributed by atoms with van der Waals surface area (Å²) in [6.45, 7) is 3.98. The molecule has 1 saturated heterocycles. The number of rotatable bonds is 4. The van der Waals surface area contributed by atoms with Gasteiger partial charge in [-0.15, -0.1) is 11.3 Å². The Labute approximate surface area is 127 Å². The molecule has 0 radical (unpaired) electrons. The van der Waals surface area contributed by atoms with Crippen LogP contribution in [0.3, 0.4) is 0 Å². The Hall–Kier alpha value is -1.76. The van der Waals surface area contributed by atoms with E-state index in [1.807, 2.05) is 11.8 Å². The summed E-state index contributed by atoms with van der Waals surface area (Å²) < 4.78 is 1.58. The van der Waals surface area contributed by atoms with E-state index in [2.05, 4.69) is 20.4 Å². The fourth-order valence-electron chi connectivity index (χ4n) is 2.75. The fraction of sp³-hybridized carbons (Fsp3) is 0.571. The molecule has 3 heterocycles. The third kappa shape index (κ3) is 3.66. The molecule has 112 valence electrons. The summed E-state index contributed by atoms with van der Waals surface area (Å²) in [5.41, 5.74) is 1.09. The predicted molar refractivity (Wildman–Crippen MR) is 79.9 cm³/mol. The number of carbonyl (C=O) groups excluding carboxylic acids is 1. The van der Waals surface area contributed by atoms with Crippen LogP contribution in [0.2, 0.25) is 0 Å². The van der Waals surface area contributed by atoms with Crippen LogP contribution in [-0.4, -0.2) is 43.6 Å². The molecule has 1 fully saturated rings. The van der Waals surface area contributed by atoms with Crippen molar-refractivity contribution in [2.75, 3.05) is 13.1 Å². The molecule has 0 spiro atoms. The van der Waals surface area contributed by atoms with Crippen LogP contribution >= 0.6 is 11.3 Å². The molecule has 2 aromatic heterocycles. The highest BCUT2D eigenvalue weighted by molar-refractivity contribution is 7.09. The number of piperidine rings is 1. The number of hydrogen-bond acceptors (Lipinski definition) is 5. The Morgan fingerprint density at radius 1 is 1.52 bits per heavy atom. The van der Waals surface area contributed by atoms with Gasteiger partial charge in [-0.2, -0.15) is 5.10 Å². The second-order valence-corrected chi connectivity index (χ2v) is 6.47. The van der Waals surface area contributed by atoms with Crippen molar-refractivity contribution in [3.63, 3.8) is 0 Å². The highest BCUT2D eigenvalue weighted by atomic mass is 32.1. The quantitative estimate of drug-likeness (QED) is 0.859. The van der Waals surface area contributed by atoms with Crippen molar-refractivity contribution in [2.45, 2.75) is 32.7 Å². The zero-order valence-electron chi connectivity index (χ0n) is 12.1. The molecule has 0 bridgehead atoms. The van der Waals surface area contributed by atoms with Crippen LogP contribution in [-0.2, 0) is 17.8 Å². The van der Waals surface area contributed by atoms with Gasteiger partial charge in [-0.3, -0.25) is 4.79 Å². The number of aryl methyl sites for hydroxylation is 1. The van der Waals surface area contributed by atoms with Gasteiger partial charge in [0.1, 0.15) is 19.2 Å². The van der Waals surface area contributed by atoms with E-state index in [-0.39, 0.29) is 12.5 Å². The molecule has 1 atom stereocenters. The Morgan fingerprint density at radius 3 is 3.14 bits per heavy atom. The smallest absolute Gasteiger partial charge is 0.244 e. The van der Waals surface area contributed by atoms with Crippen LogP contribution in [0.1, 0.15) is 23.5 Å². The van der Waals surface area contributed by atoms with Crippen molar-refractivity contribution in [3.8, 4) is 0 Å². The van der Waals surface area contributed by atoms with Crippen molar-refractivity contribution in [3.05, 3.63) is 28.7 Å². The number of carbonyl (C=O) groups is 1. The van der Waals surface area contributed by atoms with E-state index >= 15 is 0 Å². The van der Waals surface area contributed by atoms with Gasteiger partial charge in [-0.05, 0) is 25.7 Å². The average molecular weight is 305 g/mol. The number of amides is 1. The molecule has 6 nitrogen and oxygen atoms in total. The lowest BCUT2D eigenvalue weighted by Gasteiger charge is -2.32. The van der Waals surface area contributed by atoms with Gasteiger partial charge in [0.2, 0.25) is 5.91 Å². The topological polar surface area (TPSA) is 63.9 Å². The molecule has 1 unspecified atom stereocenters. The van der Waals surface area contributed by atoms with Crippen LogP contribution in [0.5, 0.6) is 0 Å². The molecule has 21 heavy (non-hydrogen) atoms. The van der Waals surface area contributed by atoms with Crippen LogP contribution in [0.25, 0.3) is 0 Å². The molecular weight excluding hydrogens is 286 g/mol. The maximum atomic E-state index is 12.3. The molecule has 0 aliphatic carbocycles. The first-order chi connectivity index (χ1) is 10.2. The molecule has 1 aliphatic heterocycles. The maximum absolute atomic E-state index is 12.3. The summed E-state index contributed by atoms with van der Waals surface area (Å²) in [5, 5.41) is 7.26. The Balaban J connectivity index is 1.56. The van der Waals surface area contributed by atoms with Crippen molar-refractivity contribution >= 4 is 17.2 Å². The van der Waals surface area contributed by atoms with Gasteiger partial charge < -0.3 is 4.90 Å². The summed E-state index contributed by atoms with van der Waals surface area (Å²) in [5.74, 6) is 0.643. The highest BCUT2D eigenvalue weighted by Gasteiger charge is 2.24. The van der Waals surface area contributed by atoms with Gasteiger partial charge in [-0.25, -0.2) is 14.6 Å². The van der Waals surface area contributed by atoms with Crippen LogP contribution in [0.4, 0.5) is 0 Å². The van der Waals surface area contributed by atoms with Gasteiger partial charge in [0.05, 0.1) is 5.01 Å². The molecule has 0 N–H and O–H groups in total. The first-order valence-corrected chi connectivity index (χ1v) is 8.10. The van der Waals surface area contributed by atoms with Crippen molar-refractivity contribution in [1.82, 2.24) is 24.6 Å². The van der Waals surface area contributed by atoms with Gasteiger partial charge in [-0.1, -0.05) is 0 Å². The number of likely N-dealkylation sites (tertiary alicyclic amines) is 1. The maximum Gasteiger partial charge on any atom is 0.244 e. The lowest BCUT2D eigenvalue weighted by molar-refractivity contribution is -0.133. The van der Waals surface area contributed by atoms with E-state index in [9.17, 15) is 4.79 Å². The van der Waals surface area contributed by atoms with Crippen LogP contribution < -0.4 is 0 Å². The Kier molecular flexibility index (Phi) is 4.28. The Morgan fingerprint density at radius 2 is 2.43 bits per heavy atom. The minimum absolute atomic E-state index is 0.125. The highest BCUT2D eigenvalue weighted by Crippen LogP contribution is 2.22. The lowest BCUT2D eigenvalue weighted by atomic mass is 9.95. The minimum atomic E-state index is 0.125. The molecular formula is C14H19N5OS. The largest absolute Gasteiger partial charge is 0.341 e. The van der Waals surface area contributed by atoms with Gasteiger partial charge in [0, 0.05) is 30.6 Å². The van der Waals surface area contributed by atoms with E-state index in [0.717, 1.165) is 31.6 Å². The van der Waals surface area contributed by atoms with Crippen LogP contribution in [0, 0.1) is 12.8 Å². The van der Waals surface area contributed by atoms with Crippen LogP contribution in [0.15, 0.2) is 18.0 Å². The second kappa shape index (κ2) is 6.34. The fourth-order valence-corrected chi connectivity index (χ4v) is 3.64. The number of thiazole rings is 1. The summed E-state index contributed by atoms with van der Waals surface area (Å²) in [4.78, 5) is 22.6. The molecule has 1 aliphatic rings. The standard InChI is InChI=1S/C14H19N5OS/c1-11-8-21-13(17-11)5-12-3-2-4-18(6-12)14(20)7-19-10-15-9-16-19/h8-10,12H,2-7H2,1H3. The van der Waals surface area contributed by atoms with E-state index in [1.165, 1.54) is 17.8 Å². The molecule has 3 rings (SSSR count). The third-order valence-electron chi connectivity index (χ3n) is 3.77. The van der Waals surface area contributed by atoms with Gasteiger partial charge in [0.15, 0.2) is 0 Å². The summed E-state index contributed by atoms with van der Waals surface area (Å²) in [7, 11) is 0. The number of hydrogen-bond donors (Lipinski definition) is 0. The summed E-state index contributed by atoms with van der Waals surface area (Å²) in [6.07, 6.45) is 6.25. The molecule has 2 aromatic rings. The van der Waals surface area contributed by atoms with E-state index in [0.29, 0.717) is 5.92 Å². The van der Waals surface area contributed by atoms with E-state index in [1.54, 1.807) is 22.3 Å². The number of aromatic nitrogens is 4. The molecule has 0 saturated carbocycles. The third-order valence-corrected chi connectivity index (χ3v) is 4.75. The molecule has 0 aromatic carbocycles. The summed E-state index contributed by atoms with van der Waals surface area (Å²) >= 11 is 1.72. The average Bonchev–Trinajstić information content (AvgIpc) is 3.11. The normalized spacial score (nSPS) is 18.9. The Bertz CT molecular complexity index is 594. The monoisotopic (exact) mass is 305 g/mol. The zero-order valence-corrected chi connectivity index (χ0v) is 12.9. The van der Waals surface area contributed by atoms with Crippen molar-refractivity contribution in [1.29, 1.82) is 0 Å². The summed E-state index contributed by atoms with van der Waals surface area (Å²) in [6, 6.07) is 0. The van der Waals surface area contributed by atoms with Gasteiger partial charge in [0.25, 0.3) is 0 Å². The lowest BCUT2D eigenvalue weighted by Crippen LogP contribution is -2.42.